The number of carbonyl (C=O) groups is 1. The predicted octanol–water partition coefficient (Wildman–Crippen LogP) is 6.22. The second-order valence-electron chi connectivity index (χ2n) is 8.95. The third-order valence-corrected chi connectivity index (χ3v) is 7.43. The minimum Gasteiger partial charge on any atom is -0.298 e. The van der Waals surface area contributed by atoms with Crippen LogP contribution in [0.4, 0.5) is 4.39 Å². The van der Waals surface area contributed by atoms with Gasteiger partial charge >= 0.3 is 0 Å². The topological polar surface area (TPSA) is 105 Å². The van der Waals surface area contributed by atoms with Gasteiger partial charge in [0.1, 0.15) is 16.0 Å². The molecule has 0 fully saturated rings. The predicted molar refractivity (Wildman–Crippen MR) is 139 cm³/mol. The average molecular weight is 496 g/mol. The van der Waals surface area contributed by atoms with Crippen molar-refractivity contribution in [2.75, 3.05) is 0 Å². The molecular formula is C26H18FN7OS. The molecule has 6 heterocycles. The number of thiophene rings is 1. The zero-order valence-corrected chi connectivity index (χ0v) is 20.0. The first-order valence-electron chi connectivity index (χ1n) is 11.4. The van der Waals surface area contributed by atoms with Gasteiger partial charge in [-0.25, -0.2) is 14.4 Å². The van der Waals surface area contributed by atoms with Crippen molar-refractivity contribution in [2.24, 2.45) is 5.92 Å². The van der Waals surface area contributed by atoms with Gasteiger partial charge in [-0.2, -0.15) is 0 Å². The Morgan fingerprint density at radius 3 is 2.81 bits per heavy atom. The summed E-state index contributed by atoms with van der Waals surface area (Å²) in [5.41, 5.74) is 3.71. The number of imidazole rings is 1. The van der Waals surface area contributed by atoms with Gasteiger partial charge in [0.15, 0.2) is 11.5 Å². The molecule has 2 aliphatic heterocycles. The molecule has 2 aliphatic rings. The van der Waals surface area contributed by atoms with E-state index in [0.717, 1.165) is 14.9 Å². The van der Waals surface area contributed by atoms with Gasteiger partial charge in [0, 0.05) is 27.6 Å². The Bertz CT molecular complexity index is 2030. The van der Waals surface area contributed by atoms with Crippen LogP contribution in [0, 0.1) is 11.7 Å². The monoisotopic (exact) mass is 495 g/mol. The van der Waals surface area contributed by atoms with E-state index in [9.17, 15) is 4.79 Å². The van der Waals surface area contributed by atoms with Crippen molar-refractivity contribution in [3.05, 3.63) is 60.8 Å². The molecule has 0 unspecified atom stereocenters. The molecule has 8 nitrogen and oxygen atoms in total. The molecule has 1 aromatic carbocycles. The first-order valence-corrected chi connectivity index (χ1v) is 12.2. The molecule has 0 amide bonds. The standard InChI is InChI=1S/C26H18FN7OS/c1-12(2)26(35)34-14-8-13(9-28-10-14)22-21(27)20-17(11-29-22)32-33-24(20)25-30-16-5-3-4-15(23(16)31-25)18-6-7-19(34)36-18/h3-12,32-33H,1-2H3. The van der Waals surface area contributed by atoms with Crippen LogP contribution in [0.15, 0.2) is 55.0 Å². The fourth-order valence-electron chi connectivity index (χ4n) is 4.58. The first kappa shape index (κ1) is 20.9. The Morgan fingerprint density at radius 1 is 1.06 bits per heavy atom. The highest BCUT2D eigenvalue weighted by Crippen LogP contribution is 2.34. The molecule has 8 bridgehead atoms. The van der Waals surface area contributed by atoms with E-state index < -0.39 is 5.82 Å². The van der Waals surface area contributed by atoms with Gasteiger partial charge in [-0.15, -0.1) is 11.3 Å². The lowest BCUT2D eigenvalue weighted by molar-refractivity contribution is 0.0865. The van der Waals surface area contributed by atoms with Crippen molar-refractivity contribution in [3.63, 3.8) is 0 Å². The molecule has 176 valence electrons. The van der Waals surface area contributed by atoms with Crippen molar-refractivity contribution in [3.8, 4) is 11.3 Å². The number of para-hydroxylation sites is 1. The van der Waals surface area contributed by atoms with E-state index in [1.165, 1.54) is 11.3 Å². The van der Waals surface area contributed by atoms with Crippen LogP contribution >= 0.6 is 11.3 Å². The smallest absolute Gasteiger partial charge is 0.234 e. The summed E-state index contributed by atoms with van der Waals surface area (Å²) < 4.78 is 18.6. The molecule has 5 aromatic rings. The van der Waals surface area contributed by atoms with Gasteiger partial charge in [-0.05, 0) is 24.3 Å². The number of nitrogens with one attached hydrogen (secondary N) is 2. The Balaban J connectivity index is 1.77. The molecule has 0 radical (unpaired) electrons. The molecule has 0 spiro atoms. The third kappa shape index (κ3) is 2.94. The molecule has 2 N–H and O–H groups in total. The summed E-state index contributed by atoms with van der Waals surface area (Å²) >= 11 is 1.48. The number of fused-ring (bicyclic) bond motifs is 9. The lowest BCUT2D eigenvalue weighted by atomic mass is 10.1. The van der Waals surface area contributed by atoms with Crippen LogP contribution < -0.4 is 0 Å². The van der Waals surface area contributed by atoms with E-state index in [4.69, 9.17) is 9.97 Å². The van der Waals surface area contributed by atoms with Crippen molar-refractivity contribution in [1.82, 2.24) is 34.7 Å². The number of nitrogens with zero attached hydrogens (tertiary/aromatic N) is 5. The number of hydrogen-bond donors (Lipinski definition) is 2. The summed E-state index contributed by atoms with van der Waals surface area (Å²) in [4.78, 5) is 32.4. The van der Waals surface area contributed by atoms with Crippen LogP contribution in [0.2, 0.25) is 0 Å². The van der Waals surface area contributed by atoms with Gasteiger partial charge < -0.3 is 0 Å². The zero-order valence-electron chi connectivity index (χ0n) is 19.2. The second-order valence-corrected chi connectivity index (χ2v) is 10.0. The van der Waals surface area contributed by atoms with E-state index in [1.807, 2.05) is 44.2 Å². The average Bonchev–Trinajstić information content (AvgIpc) is 3.62. The second kappa shape index (κ2) is 7.53. The number of carbonyl (C=O) groups excluding carboxylic acids is 1. The van der Waals surface area contributed by atoms with Gasteiger partial charge in [0.2, 0.25) is 5.91 Å². The van der Waals surface area contributed by atoms with E-state index in [2.05, 4.69) is 20.2 Å². The number of aromatic nitrogens is 7. The number of H-pyrrole nitrogens is 2. The summed E-state index contributed by atoms with van der Waals surface area (Å²) in [5, 5.41) is 7.35. The number of benzene rings is 1. The zero-order chi connectivity index (χ0) is 24.6. The fraction of sp³-hybridized carbons (Fsp3) is 0.115. The molecular weight excluding hydrogens is 477 g/mol. The lowest BCUT2D eigenvalue weighted by Crippen LogP contribution is -2.17. The lowest BCUT2D eigenvalue weighted by Gasteiger charge is -2.10. The molecule has 4 aromatic heterocycles. The molecule has 0 atom stereocenters. The minimum atomic E-state index is -0.526. The van der Waals surface area contributed by atoms with Crippen molar-refractivity contribution in [1.29, 1.82) is 0 Å². The maximum absolute atomic E-state index is 16.0. The number of aromatic amines is 2. The van der Waals surface area contributed by atoms with Crippen LogP contribution in [0.3, 0.4) is 0 Å². The van der Waals surface area contributed by atoms with Gasteiger partial charge in [-0.3, -0.25) is 29.5 Å². The van der Waals surface area contributed by atoms with Crippen LogP contribution in [0.5, 0.6) is 0 Å². The Hall–Kier alpha value is -4.44. The summed E-state index contributed by atoms with van der Waals surface area (Å²) in [7, 11) is 0. The maximum Gasteiger partial charge on any atom is 0.234 e. The van der Waals surface area contributed by atoms with Crippen LogP contribution in [-0.4, -0.2) is 40.6 Å². The van der Waals surface area contributed by atoms with Crippen LogP contribution in [-0.2, 0) is 0 Å². The summed E-state index contributed by atoms with van der Waals surface area (Å²) in [6.07, 6.45) is 4.73. The van der Waals surface area contributed by atoms with Gasteiger partial charge in [0.25, 0.3) is 0 Å². The van der Waals surface area contributed by atoms with Gasteiger partial charge in [0.05, 0.1) is 40.0 Å². The van der Waals surface area contributed by atoms with Crippen molar-refractivity contribution in [2.45, 2.75) is 13.8 Å². The molecule has 36 heavy (non-hydrogen) atoms. The number of hydrogen-bond acceptors (Lipinski definition) is 6. The fourth-order valence-corrected chi connectivity index (χ4v) is 5.63. The molecule has 10 heteroatoms. The Morgan fingerprint density at radius 2 is 1.94 bits per heavy atom. The summed E-state index contributed by atoms with van der Waals surface area (Å²) in [6, 6.07) is 11.4. The first-order chi connectivity index (χ1) is 17.5. The van der Waals surface area contributed by atoms with Crippen LogP contribution in [0.1, 0.15) is 18.6 Å². The van der Waals surface area contributed by atoms with Crippen molar-refractivity contribution < 1.29 is 9.18 Å². The molecule has 0 saturated heterocycles. The Labute approximate surface area is 206 Å². The SMILES string of the molecule is CC(C)C(=O)n1c2cncc(c2)c2ncc3[nH][nH]c(c4nc5cccc(c6ccc1s6)c5n4)-c3c2F. The highest BCUT2D eigenvalue weighted by molar-refractivity contribution is 7.24. The third-order valence-electron chi connectivity index (χ3n) is 6.32. The van der Waals surface area contributed by atoms with E-state index >= 15 is 4.39 Å². The molecule has 0 aliphatic carbocycles. The maximum atomic E-state index is 16.0. The number of rotatable bonds is 1. The quantitative estimate of drug-likeness (QED) is 0.281. The number of pyridine rings is 2. The molecule has 7 rings (SSSR count). The highest BCUT2D eigenvalue weighted by atomic mass is 32.1. The normalized spacial score (nSPS) is 12.1. The largest absolute Gasteiger partial charge is 0.298 e. The van der Waals surface area contributed by atoms with Crippen LogP contribution in [0.25, 0.3) is 64.8 Å². The molecule has 0 saturated carbocycles. The van der Waals surface area contributed by atoms with E-state index in [0.29, 0.717) is 44.4 Å². The van der Waals surface area contributed by atoms with E-state index in [-0.39, 0.29) is 17.3 Å². The summed E-state index contributed by atoms with van der Waals surface area (Å²) in [6.45, 7) is 3.70. The van der Waals surface area contributed by atoms with Gasteiger partial charge in [-0.1, -0.05) is 26.0 Å². The number of halogens is 1. The summed E-state index contributed by atoms with van der Waals surface area (Å²) in [5.74, 6) is -0.883. The highest BCUT2D eigenvalue weighted by Gasteiger charge is 2.21. The Kier molecular flexibility index (Phi) is 4.37. The van der Waals surface area contributed by atoms with E-state index in [1.54, 1.807) is 29.2 Å². The van der Waals surface area contributed by atoms with Crippen molar-refractivity contribution >= 4 is 70.8 Å². The minimum absolute atomic E-state index is 0.0910.